The minimum absolute atomic E-state index is 0.0593. The molecule has 4 rings (SSSR count). The summed E-state index contributed by atoms with van der Waals surface area (Å²) in [6.45, 7) is 1.89. The quantitative estimate of drug-likeness (QED) is 0.724. The molecule has 0 spiro atoms. The van der Waals surface area contributed by atoms with Gasteiger partial charge >= 0.3 is 0 Å². The molecule has 0 unspecified atom stereocenters. The molecular formula is C25H29N3O3. The summed E-state index contributed by atoms with van der Waals surface area (Å²) in [5, 5.41) is 2.91. The van der Waals surface area contributed by atoms with Crippen molar-refractivity contribution in [3.63, 3.8) is 0 Å². The smallest absolute Gasteiger partial charge is 0.251 e. The summed E-state index contributed by atoms with van der Waals surface area (Å²) in [5.41, 5.74) is 1.52. The molecule has 1 aliphatic heterocycles. The number of nitrogens with zero attached hydrogens (tertiary/aromatic N) is 2. The van der Waals surface area contributed by atoms with Crippen molar-refractivity contribution in [2.45, 2.75) is 44.8 Å². The molecule has 1 fully saturated rings. The van der Waals surface area contributed by atoms with Gasteiger partial charge in [-0.1, -0.05) is 24.3 Å². The van der Waals surface area contributed by atoms with Crippen molar-refractivity contribution in [1.82, 2.24) is 15.2 Å². The third-order valence-corrected chi connectivity index (χ3v) is 5.95. The first-order chi connectivity index (χ1) is 15.2. The number of carbonyl (C=O) groups excluding carboxylic acids is 2. The van der Waals surface area contributed by atoms with Crippen LogP contribution in [0.1, 0.15) is 48.0 Å². The number of piperidine rings is 1. The fourth-order valence-corrected chi connectivity index (χ4v) is 4.16. The normalized spacial score (nSPS) is 19.1. The Balaban J connectivity index is 1.27. The van der Waals surface area contributed by atoms with Crippen LogP contribution in [0.2, 0.25) is 0 Å². The van der Waals surface area contributed by atoms with E-state index < -0.39 is 0 Å². The zero-order valence-electron chi connectivity index (χ0n) is 17.7. The van der Waals surface area contributed by atoms with Crippen molar-refractivity contribution >= 4 is 11.8 Å². The van der Waals surface area contributed by atoms with Gasteiger partial charge in [0, 0.05) is 56.4 Å². The van der Waals surface area contributed by atoms with Crippen molar-refractivity contribution < 1.29 is 14.3 Å². The minimum atomic E-state index is -0.142. The zero-order chi connectivity index (χ0) is 21.5. The van der Waals surface area contributed by atoms with E-state index in [0.29, 0.717) is 17.9 Å². The molecule has 0 radical (unpaired) electrons. The molecule has 2 amide bonds. The molecule has 31 heavy (non-hydrogen) atoms. The van der Waals surface area contributed by atoms with Gasteiger partial charge in [-0.05, 0) is 49.1 Å². The van der Waals surface area contributed by atoms with Crippen molar-refractivity contribution in [3.05, 3.63) is 72.1 Å². The summed E-state index contributed by atoms with van der Waals surface area (Å²) >= 11 is 0. The van der Waals surface area contributed by atoms with Gasteiger partial charge < -0.3 is 15.0 Å². The lowest BCUT2D eigenvalue weighted by Crippen LogP contribution is -2.44. The molecular weight excluding hydrogens is 390 g/mol. The van der Waals surface area contributed by atoms with Crippen LogP contribution < -0.4 is 10.1 Å². The van der Waals surface area contributed by atoms with Crippen LogP contribution in [0.3, 0.4) is 0 Å². The minimum Gasteiger partial charge on any atom is -0.490 e. The summed E-state index contributed by atoms with van der Waals surface area (Å²) < 4.78 is 6.14. The predicted molar refractivity (Wildman–Crippen MR) is 119 cm³/mol. The molecule has 1 aliphatic carbocycles. The first kappa shape index (κ1) is 21.1. The number of allylic oxidation sites excluding steroid dienone is 2. The fraction of sp³-hybridized carbons (Fsp3) is 0.400. The van der Waals surface area contributed by atoms with Crippen LogP contribution in [0.5, 0.6) is 5.75 Å². The van der Waals surface area contributed by atoms with Gasteiger partial charge in [-0.2, -0.15) is 0 Å². The molecule has 1 aromatic carbocycles. The zero-order valence-corrected chi connectivity index (χ0v) is 17.7. The standard InChI is InChI=1S/C25H29N3O3/c29-24(27-18-19-6-5-13-26-17-19)21-9-4-10-23(16-21)31-22-11-14-28(15-12-22)25(30)20-7-2-1-3-8-20/h1-2,4-6,9-10,13,16-17,20,22H,3,7-8,11-12,14-15,18H2,(H,27,29)/t20-/m0/s1. The maximum Gasteiger partial charge on any atom is 0.251 e. The van der Waals surface area contributed by atoms with Crippen molar-refractivity contribution in [3.8, 4) is 5.75 Å². The molecule has 1 N–H and O–H groups in total. The summed E-state index contributed by atoms with van der Waals surface area (Å²) in [5.74, 6) is 0.979. The average molecular weight is 420 g/mol. The highest BCUT2D eigenvalue weighted by molar-refractivity contribution is 5.94. The SMILES string of the molecule is O=C(NCc1cccnc1)c1cccc(OC2CCN(C(=O)[C@H]3CC=CCC3)CC2)c1. The van der Waals surface area contributed by atoms with Gasteiger partial charge in [-0.25, -0.2) is 0 Å². The number of aromatic nitrogens is 1. The highest BCUT2D eigenvalue weighted by atomic mass is 16.5. The Morgan fingerprint density at radius 1 is 1.10 bits per heavy atom. The van der Waals surface area contributed by atoms with Crippen LogP contribution in [0, 0.1) is 5.92 Å². The fourth-order valence-electron chi connectivity index (χ4n) is 4.16. The topological polar surface area (TPSA) is 71.5 Å². The highest BCUT2D eigenvalue weighted by Crippen LogP contribution is 2.25. The molecule has 0 saturated carbocycles. The van der Waals surface area contributed by atoms with Crippen molar-refractivity contribution in [2.75, 3.05) is 13.1 Å². The van der Waals surface area contributed by atoms with Crippen molar-refractivity contribution in [1.29, 1.82) is 0 Å². The maximum absolute atomic E-state index is 12.7. The van der Waals surface area contributed by atoms with E-state index in [4.69, 9.17) is 4.74 Å². The number of rotatable bonds is 6. The molecule has 2 heterocycles. The van der Waals surface area contributed by atoms with E-state index in [9.17, 15) is 9.59 Å². The monoisotopic (exact) mass is 419 g/mol. The lowest BCUT2D eigenvalue weighted by atomic mass is 9.92. The lowest BCUT2D eigenvalue weighted by Gasteiger charge is -2.34. The van der Waals surface area contributed by atoms with Gasteiger partial charge in [-0.15, -0.1) is 0 Å². The Bertz CT molecular complexity index is 921. The van der Waals surface area contributed by atoms with Crippen LogP contribution in [0.4, 0.5) is 0 Å². The number of pyridine rings is 1. The highest BCUT2D eigenvalue weighted by Gasteiger charge is 2.28. The number of benzene rings is 1. The summed E-state index contributed by atoms with van der Waals surface area (Å²) in [6.07, 6.45) is 12.2. The van der Waals surface area contributed by atoms with E-state index in [2.05, 4.69) is 22.5 Å². The van der Waals surface area contributed by atoms with Crippen LogP contribution in [-0.2, 0) is 11.3 Å². The Morgan fingerprint density at radius 2 is 1.97 bits per heavy atom. The molecule has 1 saturated heterocycles. The van der Waals surface area contributed by atoms with Crippen LogP contribution in [0.15, 0.2) is 60.9 Å². The summed E-state index contributed by atoms with van der Waals surface area (Å²) in [7, 11) is 0. The Hall–Kier alpha value is -3.15. The van der Waals surface area contributed by atoms with Crippen LogP contribution >= 0.6 is 0 Å². The first-order valence-electron chi connectivity index (χ1n) is 11.1. The summed E-state index contributed by atoms with van der Waals surface area (Å²) in [6, 6.07) is 11.1. The van der Waals surface area contributed by atoms with Gasteiger partial charge in [0.1, 0.15) is 11.9 Å². The molecule has 1 aromatic heterocycles. The number of hydrogen-bond donors (Lipinski definition) is 1. The predicted octanol–water partition coefficient (Wildman–Crippen LogP) is 3.74. The molecule has 1 atom stereocenters. The number of carbonyl (C=O) groups is 2. The van der Waals surface area contributed by atoms with E-state index in [1.165, 1.54) is 0 Å². The number of amides is 2. The second-order valence-corrected chi connectivity index (χ2v) is 8.20. The first-order valence-corrected chi connectivity index (χ1v) is 11.1. The maximum atomic E-state index is 12.7. The summed E-state index contributed by atoms with van der Waals surface area (Å²) in [4.78, 5) is 31.2. The largest absolute Gasteiger partial charge is 0.490 e. The van der Waals surface area contributed by atoms with E-state index >= 15 is 0 Å². The molecule has 162 valence electrons. The second-order valence-electron chi connectivity index (χ2n) is 8.20. The average Bonchev–Trinajstić information content (AvgIpc) is 2.84. The second kappa shape index (κ2) is 10.2. The molecule has 6 nitrogen and oxygen atoms in total. The molecule has 6 heteroatoms. The van der Waals surface area contributed by atoms with Gasteiger partial charge in [0.25, 0.3) is 5.91 Å². The van der Waals surface area contributed by atoms with E-state index in [1.54, 1.807) is 24.5 Å². The van der Waals surface area contributed by atoms with Crippen LogP contribution in [0.25, 0.3) is 0 Å². The number of nitrogens with one attached hydrogen (secondary N) is 1. The number of likely N-dealkylation sites (tertiary alicyclic amines) is 1. The van der Waals surface area contributed by atoms with Gasteiger partial charge in [0.05, 0.1) is 0 Å². The van der Waals surface area contributed by atoms with Crippen LogP contribution in [-0.4, -0.2) is 40.9 Å². The van der Waals surface area contributed by atoms with E-state index in [0.717, 1.165) is 50.8 Å². The van der Waals surface area contributed by atoms with Gasteiger partial charge in [0.2, 0.25) is 5.91 Å². The van der Waals surface area contributed by atoms with E-state index in [-0.39, 0.29) is 23.8 Å². The Kier molecular flexibility index (Phi) is 6.97. The Labute approximate surface area is 183 Å². The van der Waals surface area contributed by atoms with E-state index in [1.807, 2.05) is 29.2 Å². The molecule has 2 aliphatic rings. The molecule has 2 aromatic rings. The lowest BCUT2D eigenvalue weighted by molar-refractivity contribution is -0.137. The van der Waals surface area contributed by atoms with Gasteiger partial charge in [-0.3, -0.25) is 14.6 Å². The van der Waals surface area contributed by atoms with Crippen molar-refractivity contribution in [2.24, 2.45) is 5.92 Å². The number of hydrogen-bond acceptors (Lipinski definition) is 4. The molecule has 0 bridgehead atoms. The van der Waals surface area contributed by atoms with Gasteiger partial charge in [0.15, 0.2) is 0 Å². The third kappa shape index (κ3) is 5.72. The Morgan fingerprint density at radius 3 is 2.71 bits per heavy atom. The number of ether oxygens (including phenoxy) is 1. The third-order valence-electron chi connectivity index (χ3n) is 5.95.